The van der Waals surface area contributed by atoms with E-state index < -0.39 is 6.17 Å². The van der Waals surface area contributed by atoms with Crippen LogP contribution >= 0.6 is 0 Å². The number of nitrogens with one attached hydrogen (secondary N) is 1. The highest BCUT2D eigenvalue weighted by molar-refractivity contribution is 4.79. The van der Waals surface area contributed by atoms with Gasteiger partial charge >= 0.3 is 0 Å². The van der Waals surface area contributed by atoms with Crippen molar-refractivity contribution in [3.63, 3.8) is 0 Å². The average molecular weight is 174 g/mol. The smallest absolute Gasteiger partial charge is 0.0976 e. The monoisotopic (exact) mass is 174 g/mol. The van der Waals surface area contributed by atoms with Gasteiger partial charge in [0.15, 0.2) is 0 Å². The summed E-state index contributed by atoms with van der Waals surface area (Å²) in [4.78, 5) is 0. The molecule has 12 heavy (non-hydrogen) atoms. The molecule has 0 aromatic heterocycles. The average Bonchev–Trinajstić information content (AvgIpc) is 2.04. The van der Waals surface area contributed by atoms with Crippen LogP contribution in [0.4, 0.5) is 4.39 Å². The van der Waals surface area contributed by atoms with E-state index >= 15 is 0 Å². The molecule has 0 saturated carbocycles. The molecule has 3 heteroatoms. The predicted octanol–water partition coefficient (Wildman–Crippen LogP) is 0.919. The zero-order valence-corrected chi connectivity index (χ0v) is 7.72. The van der Waals surface area contributed by atoms with Crippen molar-refractivity contribution in [3.05, 3.63) is 0 Å². The van der Waals surface area contributed by atoms with Crippen LogP contribution in [0.15, 0.2) is 0 Å². The molecule has 1 saturated heterocycles. The predicted molar refractivity (Wildman–Crippen MR) is 48.7 cm³/mol. The first kappa shape index (κ1) is 9.93. The summed E-state index contributed by atoms with van der Waals surface area (Å²) in [5.41, 5.74) is 5.62. The highest BCUT2D eigenvalue weighted by Crippen LogP contribution is 2.23. The van der Waals surface area contributed by atoms with Gasteiger partial charge in [-0.05, 0) is 51.2 Å². The summed E-state index contributed by atoms with van der Waals surface area (Å²) in [5, 5.41) is 3.28. The fourth-order valence-corrected chi connectivity index (χ4v) is 1.98. The van der Waals surface area contributed by atoms with Gasteiger partial charge in [-0.1, -0.05) is 0 Å². The Morgan fingerprint density at radius 1 is 1.58 bits per heavy atom. The van der Waals surface area contributed by atoms with E-state index in [4.69, 9.17) is 5.73 Å². The summed E-state index contributed by atoms with van der Waals surface area (Å²) in [6.45, 7) is 4.32. The number of rotatable bonds is 3. The van der Waals surface area contributed by atoms with Crippen molar-refractivity contribution in [2.45, 2.75) is 25.9 Å². The summed E-state index contributed by atoms with van der Waals surface area (Å²) in [6, 6.07) is 0. The molecule has 3 atom stereocenters. The Balaban J connectivity index is 2.36. The first-order chi connectivity index (χ1) is 5.74. The maximum absolute atomic E-state index is 12.7. The molecule has 0 aromatic rings. The molecule has 1 heterocycles. The van der Waals surface area contributed by atoms with Crippen molar-refractivity contribution in [3.8, 4) is 0 Å². The van der Waals surface area contributed by atoms with Crippen LogP contribution < -0.4 is 11.1 Å². The van der Waals surface area contributed by atoms with Crippen molar-refractivity contribution in [1.29, 1.82) is 0 Å². The molecule has 0 amide bonds. The first-order valence-corrected chi connectivity index (χ1v) is 4.79. The van der Waals surface area contributed by atoms with Crippen LogP contribution in [0.1, 0.15) is 19.8 Å². The molecule has 2 nitrogen and oxygen atoms in total. The third-order valence-electron chi connectivity index (χ3n) is 2.70. The molecule has 1 aliphatic rings. The standard InChI is InChI=1S/C9H19FN2/c1-7(10)4-9-6-12-3-2-8(9)5-11/h7-9,12H,2-6,11H2,1H3. The zero-order chi connectivity index (χ0) is 8.97. The number of nitrogens with two attached hydrogens (primary N) is 1. The summed E-state index contributed by atoms with van der Waals surface area (Å²) in [7, 11) is 0. The topological polar surface area (TPSA) is 38.0 Å². The van der Waals surface area contributed by atoms with Crippen LogP contribution in [0, 0.1) is 11.8 Å². The molecule has 0 aliphatic carbocycles. The minimum absolute atomic E-state index is 0.448. The second-order valence-corrected chi connectivity index (χ2v) is 3.77. The van der Waals surface area contributed by atoms with E-state index in [1.54, 1.807) is 6.92 Å². The lowest BCUT2D eigenvalue weighted by Crippen LogP contribution is -2.40. The number of hydrogen-bond acceptors (Lipinski definition) is 2. The number of alkyl halides is 1. The molecule has 0 bridgehead atoms. The molecule has 0 radical (unpaired) electrons. The van der Waals surface area contributed by atoms with Crippen LogP contribution in [0.5, 0.6) is 0 Å². The van der Waals surface area contributed by atoms with Crippen LogP contribution in [0.3, 0.4) is 0 Å². The second kappa shape index (κ2) is 4.77. The van der Waals surface area contributed by atoms with E-state index in [0.29, 0.717) is 24.8 Å². The molecule has 0 spiro atoms. The first-order valence-electron chi connectivity index (χ1n) is 4.79. The minimum Gasteiger partial charge on any atom is -0.330 e. The van der Waals surface area contributed by atoms with Crippen molar-refractivity contribution >= 4 is 0 Å². The van der Waals surface area contributed by atoms with Gasteiger partial charge in [-0.3, -0.25) is 0 Å². The Morgan fingerprint density at radius 2 is 2.33 bits per heavy atom. The van der Waals surface area contributed by atoms with Crippen LogP contribution in [-0.4, -0.2) is 25.8 Å². The van der Waals surface area contributed by atoms with E-state index in [1.165, 1.54) is 0 Å². The van der Waals surface area contributed by atoms with Gasteiger partial charge < -0.3 is 11.1 Å². The second-order valence-electron chi connectivity index (χ2n) is 3.77. The van der Waals surface area contributed by atoms with E-state index in [0.717, 1.165) is 19.5 Å². The zero-order valence-electron chi connectivity index (χ0n) is 7.72. The molecular weight excluding hydrogens is 155 g/mol. The van der Waals surface area contributed by atoms with Crippen molar-refractivity contribution in [2.24, 2.45) is 17.6 Å². The highest BCUT2D eigenvalue weighted by Gasteiger charge is 2.24. The van der Waals surface area contributed by atoms with Gasteiger partial charge in [-0.15, -0.1) is 0 Å². The maximum atomic E-state index is 12.7. The fourth-order valence-electron chi connectivity index (χ4n) is 1.98. The van der Waals surface area contributed by atoms with Crippen molar-refractivity contribution in [2.75, 3.05) is 19.6 Å². The molecule has 0 aromatic carbocycles. The van der Waals surface area contributed by atoms with E-state index in [1.807, 2.05) is 0 Å². The Hall–Kier alpha value is -0.150. The van der Waals surface area contributed by atoms with Gasteiger partial charge in [-0.2, -0.15) is 0 Å². The number of halogens is 1. The Bertz CT molecular complexity index is 128. The lowest BCUT2D eigenvalue weighted by Gasteiger charge is -2.31. The largest absolute Gasteiger partial charge is 0.330 e. The van der Waals surface area contributed by atoms with Crippen molar-refractivity contribution < 1.29 is 4.39 Å². The van der Waals surface area contributed by atoms with E-state index in [-0.39, 0.29) is 0 Å². The summed E-state index contributed by atoms with van der Waals surface area (Å²) in [5.74, 6) is 0.980. The number of piperidine rings is 1. The normalized spacial score (nSPS) is 33.2. The molecule has 3 N–H and O–H groups in total. The van der Waals surface area contributed by atoms with Crippen molar-refractivity contribution in [1.82, 2.24) is 5.32 Å². The quantitative estimate of drug-likeness (QED) is 0.667. The van der Waals surface area contributed by atoms with E-state index in [2.05, 4.69) is 5.32 Å². The third-order valence-corrected chi connectivity index (χ3v) is 2.70. The highest BCUT2D eigenvalue weighted by atomic mass is 19.1. The fraction of sp³-hybridized carbons (Fsp3) is 1.00. The van der Waals surface area contributed by atoms with Gasteiger partial charge in [0, 0.05) is 0 Å². The molecule has 1 fully saturated rings. The van der Waals surface area contributed by atoms with Gasteiger partial charge in [0.2, 0.25) is 0 Å². The molecule has 3 unspecified atom stereocenters. The third kappa shape index (κ3) is 2.72. The van der Waals surface area contributed by atoms with Gasteiger partial charge in [0.25, 0.3) is 0 Å². The molecule has 72 valence electrons. The summed E-state index contributed by atoms with van der Waals surface area (Å²) in [6.07, 6.45) is 1.08. The lowest BCUT2D eigenvalue weighted by atomic mass is 9.83. The Morgan fingerprint density at radius 3 is 2.92 bits per heavy atom. The maximum Gasteiger partial charge on any atom is 0.0976 e. The van der Waals surface area contributed by atoms with Crippen LogP contribution in [0.25, 0.3) is 0 Å². The van der Waals surface area contributed by atoms with Crippen LogP contribution in [-0.2, 0) is 0 Å². The lowest BCUT2D eigenvalue weighted by molar-refractivity contribution is 0.194. The summed E-state index contributed by atoms with van der Waals surface area (Å²) < 4.78 is 12.7. The van der Waals surface area contributed by atoms with Gasteiger partial charge in [0.1, 0.15) is 0 Å². The Labute approximate surface area is 73.7 Å². The molecule has 1 rings (SSSR count). The van der Waals surface area contributed by atoms with Crippen LogP contribution in [0.2, 0.25) is 0 Å². The van der Waals surface area contributed by atoms with E-state index in [9.17, 15) is 4.39 Å². The number of hydrogen-bond donors (Lipinski definition) is 2. The summed E-state index contributed by atoms with van der Waals surface area (Å²) >= 11 is 0. The van der Waals surface area contributed by atoms with Gasteiger partial charge in [0.05, 0.1) is 6.17 Å². The Kier molecular flexibility index (Phi) is 3.95. The molecular formula is C9H19FN2. The minimum atomic E-state index is -0.691. The molecule has 1 aliphatic heterocycles. The SMILES string of the molecule is CC(F)CC1CNCCC1CN. The van der Waals surface area contributed by atoms with Gasteiger partial charge in [-0.25, -0.2) is 4.39 Å².